The van der Waals surface area contributed by atoms with Crippen molar-refractivity contribution in [2.24, 2.45) is 11.8 Å². The van der Waals surface area contributed by atoms with Crippen molar-refractivity contribution in [1.29, 1.82) is 0 Å². The standard InChI is InChI=1S/C21H27NO2/c1-15-8-9-19(16(2)14-15)20(23)17-10-12-22(13-11-17)21(24)18-6-4-3-5-7-18/h3-4,8-9,14,17-18H,5-7,10-13H2,1-2H3/t18-/m1/s1. The quantitative estimate of drug-likeness (QED) is 0.620. The Labute approximate surface area is 144 Å². The molecule has 0 unspecified atom stereocenters. The molecule has 0 radical (unpaired) electrons. The second-order valence-electron chi connectivity index (χ2n) is 7.26. The van der Waals surface area contributed by atoms with Gasteiger partial charge in [0.1, 0.15) is 0 Å². The van der Waals surface area contributed by atoms with Crippen LogP contribution in [0.2, 0.25) is 0 Å². The molecule has 0 aromatic heterocycles. The van der Waals surface area contributed by atoms with Crippen LogP contribution in [0.4, 0.5) is 0 Å². The number of rotatable bonds is 3. The summed E-state index contributed by atoms with van der Waals surface area (Å²) in [4.78, 5) is 27.4. The van der Waals surface area contributed by atoms with Crippen LogP contribution in [0.25, 0.3) is 0 Å². The van der Waals surface area contributed by atoms with Gasteiger partial charge in [0.2, 0.25) is 5.91 Å². The molecule has 3 rings (SSSR count). The Morgan fingerprint density at radius 2 is 1.75 bits per heavy atom. The number of piperidine rings is 1. The summed E-state index contributed by atoms with van der Waals surface area (Å²) in [6.45, 7) is 5.50. The number of benzene rings is 1. The van der Waals surface area contributed by atoms with E-state index >= 15 is 0 Å². The maximum Gasteiger partial charge on any atom is 0.226 e. The largest absolute Gasteiger partial charge is 0.342 e. The molecule has 3 heteroatoms. The van der Waals surface area contributed by atoms with Crippen molar-refractivity contribution in [3.05, 3.63) is 47.0 Å². The van der Waals surface area contributed by atoms with Gasteiger partial charge in [0, 0.05) is 30.5 Å². The van der Waals surface area contributed by atoms with E-state index in [2.05, 4.69) is 18.2 Å². The first kappa shape index (κ1) is 16.9. The molecule has 24 heavy (non-hydrogen) atoms. The molecule has 128 valence electrons. The molecule has 3 nitrogen and oxygen atoms in total. The summed E-state index contributed by atoms with van der Waals surface area (Å²) in [5.41, 5.74) is 3.10. The highest BCUT2D eigenvalue weighted by Crippen LogP contribution is 2.27. The lowest BCUT2D eigenvalue weighted by Crippen LogP contribution is -2.43. The van der Waals surface area contributed by atoms with Crippen LogP contribution in [-0.4, -0.2) is 29.7 Å². The van der Waals surface area contributed by atoms with Crippen molar-refractivity contribution in [3.63, 3.8) is 0 Å². The van der Waals surface area contributed by atoms with Gasteiger partial charge in [-0.3, -0.25) is 9.59 Å². The minimum Gasteiger partial charge on any atom is -0.342 e. The van der Waals surface area contributed by atoms with Crippen LogP contribution >= 0.6 is 0 Å². The molecule has 0 bridgehead atoms. The van der Waals surface area contributed by atoms with E-state index < -0.39 is 0 Å². The summed E-state index contributed by atoms with van der Waals surface area (Å²) >= 11 is 0. The number of carbonyl (C=O) groups excluding carboxylic acids is 2. The maximum atomic E-state index is 12.8. The molecule has 2 aliphatic rings. The van der Waals surface area contributed by atoms with Gasteiger partial charge in [-0.2, -0.15) is 0 Å². The van der Waals surface area contributed by atoms with Crippen molar-refractivity contribution in [3.8, 4) is 0 Å². The molecule has 1 aromatic rings. The molecule has 1 fully saturated rings. The van der Waals surface area contributed by atoms with Gasteiger partial charge >= 0.3 is 0 Å². The number of amides is 1. The van der Waals surface area contributed by atoms with E-state index in [-0.39, 0.29) is 23.5 Å². The monoisotopic (exact) mass is 325 g/mol. The summed E-state index contributed by atoms with van der Waals surface area (Å²) < 4.78 is 0. The fourth-order valence-electron chi connectivity index (χ4n) is 3.95. The van der Waals surface area contributed by atoms with E-state index in [0.29, 0.717) is 0 Å². The first-order chi connectivity index (χ1) is 11.6. The lowest BCUT2D eigenvalue weighted by Gasteiger charge is -2.34. The van der Waals surface area contributed by atoms with Gasteiger partial charge in [-0.25, -0.2) is 0 Å². The number of nitrogens with zero attached hydrogens (tertiary/aromatic N) is 1. The molecule has 1 aliphatic carbocycles. The number of hydrogen-bond donors (Lipinski definition) is 0. The molecule has 0 spiro atoms. The van der Waals surface area contributed by atoms with E-state index in [4.69, 9.17) is 0 Å². The van der Waals surface area contributed by atoms with Crippen LogP contribution in [0.15, 0.2) is 30.4 Å². The van der Waals surface area contributed by atoms with Crippen LogP contribution in [0.5, 0.6) is 0 Å². The SMILES string of the molecule is Cc1ccc(C(=O)C2CCN(C(=O)[C@@H]3CC=CCC3)CC2)c(C)c1. The molecular weight excluding hydrogens is 298 g/mol. The minimum absolute atomic E-state index is 0.0571. The highest BCUT2D eigenvalue weighted by Gasteiger charge is 2.31. The molecule has 1 aliphatic heterocycles. The van der Waals surface area contributed by atoms with Gasteiger partial charge in [0.25, 0.3) is 0 Å². The van der Waals surface area contributed by atoms with E-state index in [1.165, 1.54) is 5.56 Å². The van der Waals surface area contributed by atoms with E-state index in [0.717, 1.165) is 56.3 Å². The minimum atomic E-state index is 0.0571. The first-order valence-electron chi connectivity index (χ1n) is 9.11. The Bertz CT molecular complexity index is 654. The second kappa shape index (κ2) is 7.33. The van der Waals surface area contributed by atoms with Crippen molar-refractivity contribution < 1.29 is 9.59 Å². The summed E-state index contributed by atoms with van der Waals surface area (Å²) in [7, 11) is 0. The molecule has 1 atom stereocenters. The average molecular weight is 325 g/mol. The summed E-state index contributed by atoms with van der Waals surface area (Å²) in [6, 6.07) is 6.04. The molecule has 1 heterocycles. The summed E-state index contributed by atoms with van der Waals surface area (Å²) in [6.07, 6.45) is 8.73. The third kappa shape index (κ3) is 3.61. The van der Waals surface area contributed by atoms with Crippen molar-refractivity contribution in [1.82, 2.24) is 4.90 Å². The van der Waals surface area contributed by atoms with Crippen LogP contribution in [0.1, 0.15) is 53.6 Å². The average Bonchev–Trinajstić information content (AvgIpc) is 2.61. The zero-order valence-electron chi connectivity index (χ0n) is 14.8. The highest BCUT2D eigenvalue weighted by molar-refractivity contribution is 5.99. The number of allylic oxidation sites excluding steroid dienone is 2. The van der Waals surface area contributed by atoms with Crippen LogP contribution in [-0.2, 0) is 4.79 Å². The molecule has 1 saturated heterocycles. The predicted molar refractivity (Wildman–Crippen MR) is 96.0 cm³/mol. The number of ketones is 1. The number of Topliss-reactive ketones (excluding diaryl/α,β-unsaturated/α-hetero) is 1. The van der Waals surface area contributed by atoms with Crippen LogP contribution in [0.3, 0.4) is 0 Å². The Morgan fingerprint density at radius 3 is 2.38 bits per heavy atom. The van der Waals surface area contributed by atoms with Crippen LogP contribution in [0, 0.1) is 25.7 Å². The predicted octanol–water partition coefficient (Wildman–Crippen LogP) is 4.08. The van der Waals surface area contributed by atoms with Gasteiger partial charge in [-0.1, -0.05) is 35.9 Å². The van der Waals surface area contributed by atoms with E-state index in [1.54, 1.807) is 0 Å². The van der Waals surface area contributed by atoms with Crippen molar-refractivity contribution >= 4 is 11.7 Å². The Morgan fingerprint density at radius 1 is 1.00 bits per heavy atom. The summed E-state index contributed by atoms with van der Waals surface area (Å²) in [5, 5.41) is 0. The Kier molecular flexibility index (Phi) is 5.17. The van der Waals surface area contributed by atoms with E-state index in [9.17, 15) is 9.59 Å². The number of likely N-dealkylation sites (tertiary alicyclic amines) is 1. The third-order valence-electron chi connectivity index (χ3n) is 5.44. The smallest absolute Gasteiger partial charge is 0.226 e. The van der Waals surface area contributed by atoms with Gasteiger partial charge in [-0.05, 0) is 51.5 Å². The molecule has 0 N–H and O–H groups in total. The van der Waals surface area contributed by atoms with Crippen molar-refractivity contribution in [2.75, 3.05) is 13.1 Å². The van der Waals surface area contributed by atoms with E-state index in [1.807, 2.05) is 30.9 Å². The van der Waals surface area contributed by atoms with Crippen molar-refractivity contribution in [2.45, 2.75) is 46.0 Å². The maximum absolute atomic E-state index is 12.8. The molecule has 1 aromatic carbocycles. The lowest BCUT2D eigenvalue weighted by molar-refractivity contribution is -0.137. The number of aryl methyl sites for hydroxylation is 2. The Balaban J connectivity index is 1.59. The Hall–Kier alpha value is -1.90. The fourth-order valence-corrected chi connectivity index (χ4v) is 3.95. The molecule has 1 amide bonds. The fraction of sp³-hybridized carbons (Fsp3) is 0.524. The molecular formula is C21H27NO2. The van der Waals surface area contributed by atoms with Gasteiger partial charge in [-0.15, -0.1) is 0 Å². The lowest BCUT2D eigenvalue weighted by atomic mass is 9.86. The van der Waals surface area contributed by atoms with Crippen LogP contribution < -0.4 is 0 Å². The highest BCUT2D eigenvalue weighted by atomic mass is 16.2. The second-order valence-corrected chi connectivity index (χ2v) is 7.26. The summed E-state index contributed by atoms with van der Waals surface area (Å²) in [5.74, 6) is 0.750. The third-order valence-corrected chi connectivity index (χ3v) is 5.44. The zero-order chi connectivity index (χ0) is 17.1. The number of hydrogen-bond acceptors (Lipinski definition) is 2. The molecule has 0 saturated carbocycles. The van der Waals surface area contributed by atoms with Gasteiger partial charge in [0.05, 0.1) is 0 Å². The zero-order valence-corrected chi connectivity index (χ0v) is 14.8. The normalized spacial score (nSPS) is 21.8. The first-order valence-corrected chi connectivity index (χ1v) is 9.11. The van der Waals surface area contributed by atoms with Gasteiger partial charge in [0.15, 0.2) is 5.78 Å². The van der Waals surface area contributed by atoms with Gasteiger partial charge < -0.3 is 4.90 Å². The number of carbonyl (C=O) groups is 2. The topological polar surface area (TPSA) is 37.4 Å².